The van der Waals surface area contributed by atoms with E-state index in [-0.39, 0.29) is 0 Å². The summed E-state index contributed by atoms with van der Waals surface area (Å²) in [7, 11) is 2.15. The van der Waals surface area contributed by atoms with Crippen LogP contribution in [0.25, 0.3) is 0 Å². The first-order chi connectivity index (χ1) is 10.6. The van der Waals surface area contributed by atoms with Gasteiger partial charge in [0, 0.05) is 37.9 Å². The van der Waals surface area contributed by atoms with Crippen LogP contribution in [-0.2, 0) is 0 Å². The van der Waals surface area contributed by atoms with E-state index in [2.05, 4.69) is 32.1 Å². The van der Waals surface area contributed by atoms with E-state index in [0.29, 0.717) is 11.0 Å². The number of benzene rings is 1. The minimum absolute atomic E-state index is 0.585. The van der Waals surface area contributed by atoms with Crippen molar-refractivity contribution < 1.29 is 0 Å². The Balaban J connectivity index is 1.82. The van der Waals surface area contributed by atoms with Crippen molar-refractivity contribution >= 4 is 29.1 Å². The summed E-state index contributed by atoms with van der Waals surface area (Å²) in [6.45, 7) is 6.06. The summed E-state index contributed by atoms with van der Waals surface area (Å²) in [5.41, 5.74) is 1.76. The number of hydrogen-bond acceptors (Lipinski definition) is 5. The molecule has 22 heavy (non-hydrogen) atoms. The smallest absolute Gasteiger partial charge is 0.229 e. The van der Waals surface area contributed by atoms with Gasteiger partial charge in [-0.2, -0.15) is 4.98 Å². The van der Waals surface area contributed by atoms with Crippen molar-refractivity contribution in [3.05, 3.63) is 41.0 Å². The predicted octanol–water partition coefficient (Wildman–Crippen LogP) is 2.93. The third-order valence-corrected chi connectivity index (χ3v) is 4.12. The van der Waals surface area contributed by atoms with Crippen molar-refractivity contribution in [1.29, 1.82) is 0 Å². The van der Waals surface area contributed by atoms with Gasteiger partial charge in [0.2, 0.25) is 5.95 Å². The number of nitrogens with one attached hydrogen (secondary N) is 1. The standard InChI is InChI=1S/C16H20ClN5/c1-12-11-15(22-9-7-21(2)8-10-22)20-16(18-12)19-14-6-4-3-5-13(14)17/h3-6,11H,7-10H2,1-2H3,(H,18,19,20). The summed E-state index contributed by atoms with van der Waals surface area (Å²) >= 11 is 6.18. The molecule has 2 heterocycles. The van der Waals surface area contributed by atoms with Crippen molar-refractivity contribution in [1.82, 2.24) is 14.9 Å². The number of rotatable bonds is 3. The summed E-state index contributed by atoms with van der Waals surface area (Å²) in [6.07, 6.45) is 0. The molecule has 1 aliphatic heterocycles. The normalized spacial score (nSPS) is 15.9. The van der Waals surface area contributed by atoms with E-state index in [1.54, 1.807) is 0 Å². The Kier molecular flexibility index (Phi) is 4.45. The van der Waals surface area contributed by atoms with Gasteiger partial charge in [0.1, 0.15) is 5.82 Å². The molecule has 0 amide bonds. The van der Waals surface area contributed by atoms with E-state index < -0.39 is 0 Å². The lowest BCUT2D eigenvalue weighted by molar-refractivity contribution is 0.312. The second-order valence-electron chi connectivity index (χ2n) is 5.59. The summed E-state index contributed by atoms with van der Waals surface area (Å²) < 4.78 is 0. The largest absolute Gasteiger partial charge is 0.354 e. The van der Waals surface area contributed by atoms with Crippen LogP contribution in [0, 0.1) is 6.92 Å². The summed E-state index contributed by atoms with van der Waals surface area (Å²) in [6, 6.07) is 9.64. The van der Waals surface area contributed by atoms with Gasteiger partial charge in [0.25, 0.3) is 0 Å². The Morgan fingerprint density at radius 1 is 1.09 bits per heavy atom. The molecule has 2 aromatic rings. The van der Waals surface area contributed by atoms with Gasteiger partial charge in [-0.3, -0.25) is 0 Å². The maximum Gasteiger partial charge on any atom is 0.229 e. The molecule has 0 saturated carbocycles. The average molecular weight is 318 g/mol. The molecule has 116 valence electrons. The van der Waals surface area contributed by atoms with Gasteiger partial charge in [-0.05, 0) is 26.1 Å². The van der Waals surface area contributed by atoms with Gasteiger partial charge in [-0.15, -0.1) is 0 Å². The van der Waals surface area contributed by atoms with E-state index in [9.17, 15) is 0 Å². The molecule has 0 aliphatic carbocycles. The number of para-hydroxylation sites is 1. The fraction of sp³-hybridized carbons (Fsp3) is 0.375. The lowest BCUT2D eigenvalue weighted by Crippen LogP contribution is -2.44. The highest BCUT2D eigenvalue weighted by molar-refractivity contribution is 6.33. The summed E-state index contributed by atoms with van der Waals surface area (Å²) in [5.74, 6) is 1.55. The van der Waals surface area contributed by atoms with Crippen LogP contribution in [0.2, 0.25) is 5.02 Å². The first-order valence-corrected chi connectivity index (χ1v) is 7.80. The highest BCUT2D eigenvalue weighted by Crippen LogP contribution is 2.24. The van der Waals surface area contributed by atoms with Gasteiger partial charge in [-0.1, -0.05) is 23.7 Å². The number of likely N-dealkylation sites (N-methyl/N-ethyl adjacent to an activating group) is 1. The molecule has 0 bridgehead atoms. The highest BCUT2D eigenvalue weighted by atomic mass is 35.5. The number of hydrogen-bond donors (Lipinski definition) is 1. The zero-order valence-electron chi connectivity index (χ0n) is 12.9. The third-order valence-electron chi connectivity index (χ3n) is 3.79. The molecule has 0 unspecified atom stereocenters. The van der Waals surface area contributed by atoms with E-state index in [4.69, 9.17) is 11.6 Å². The fourth-order valence-electron chi connectivity index (χ4n) is 2.49. The first-order valence-electron chi connectivity index (χ1n) is 7.42. The molecule has 1 aromatic carbocycles. The lowest BCUT2D eigenvalue weighted by atomic mass is 10.3. The number of aryl methyl sites for hydroxylation is 1. The molecule has 5 nitrogen and oxygen atoms in total. The Morgan fingerprint density at radius 3 is 2.55 bits per heavy atom. The van der Waals surface area contributed by atoms with Crippen LogP contribution < -0.4 is 10.2 Å². The molecule has 0 radical (unpaired) electrons. The monoisotopic (exact) mass is 317 g/mol. The maximum absolute atomic E-state index is 6.18. The molecular weight excluding hydrogens is 298 g/mol. The molecule has 3 rings (SSSR count). The Bertz CT molecular complexity index is 653. The number of anilines is 3. The molecule has 0 atom stereocenters. The average Bonchev–Trinajstić information content (AvgIpc) is 2.50. The molecule has 1 saturated heterocycles. The van der Waals surface area contributed by atoms with Crippen LogP contribution in [0.5, 0.6) is 0 Å². The van der Waals surface area contributed by atoms with Crippen molar-refractivity contribution in [3.8, 4) is 0 Å². The molecule has 0 spiro atoms. The van der Waals surface area contributed by atoms with E-state index in [0.717, 1.165) is 43.4 Å². The number of nitrogens with zero attached hydrogens (tertiary/aromatic N) is 4. The predicted molar refractivity (Wildman–Crippen MR) is 91.2 cm³/mol. The van der Waals surface area contributed by atoms with E-state index in [1.165, 1.54) is 0 Å². The number of aromatic nitrogens is 2. The van der Waals surface area contributed by atoms with E-state index in [1.807, 2.05) is 37.3 Å². The van der Waals surface area contributed by atoms with Crippen molar-refractivity contribution in [2.45, 2.75) is 6.92 Å². The summed E-state index contributed by atoms with van der Waals surface area (Å²) in [5, 5.41) is 3.87. The van der Waals surface area contributed by atoms with Crippen molar-refractivity contribution in [2.75, 3.05) is 43.4 Å². The minimum Gasteiger partial charge on any atom is -0.354 e. The molecule has 1 fully saturated rings. The number of halogens is 1. The van der Waals surface area contributed by atoms with Crippen LogP contribution >= 0.6 is 11.6 Å². The van der Waals surface area contributed by atoms with Crippen LogP contribution in [0.4, 0.5) is 17.5 Å². The van der Waals surface area contributed by atoms with Crippen LogP contribution in [-0.4, -0.2) is 48.1 Å². The zero-order chi connectivity index (χ0) is 15.5. The van der Waals surface area contributed by atoms with Crippen LogP contribution in [0.15, 0.2) is 30.3 Å². The van der Waals surface area contributed by atoms with Crippen molar-refractivity contribution in [3.63, 3.8) is 0 Å². The number of piperazine rings is 1. The Hall–Kier alpha value is -1.85. The fourth-order valence-corrected chi connectivity index (χ4v) is 2.67. The van der Waals surface area contributed by atoms with Gasteiger partial charge in [0.05, 0.1) is 10.7 Å². The molecular formula is C16H20ClN5. The lowest BCUT2D eigenvalue weighted by Gasteiger charge is -2.33. The molecule has 1 aromatic heterocycles. The van der Waals surface area contributed by atoms with Crippen molar-refractivity contribution in [2.24, 2.45) is 0 Å². The third kappa shape index (κ3) is 3.48. The first kappa shape index (κ1) is 15.1. The highest BCUT2D eigenvalue weighted by Gasteiger charge is 2.16. The van der Waals surface area contributed by atoms with E-state index >= 15 is 0 Å². The Labute approximate surface area is 135 Å². The Morgan fingerprint density at radius 2 is 1.82 bits per heavy atom. The quantitative estimate of drug-likeness (QED) is 0.943. The van der Waals surface area contributed by atoms with Crippen LogP contribution in [0.1, 0.15) is 5.69 Å². The SMILES string of the molecule is Cc1cc(N2CCN(C)CC2)nc(Nc2ccccc2Cl)n1. The molecule has 6 heteroatoms. The molecule has 1 aliphatic rings. The minimum atomic E-state index is 0.585. The second-order valence-corrected chi connectivity index (χ2v) is 5.99. The zero-order valence-corrected chi connectivity index (χ0v) is 13.6. The molecule has 1 N–H and O–H groups in total. The van der Waals surface area contributed by atoms with Gasteiger partial charge < -0.3 is 15.1 Å². The topological polar surface area (TPSA) is 44.3 Å². The maximum atomic E-state index is 6.18. The summed E-state index contributed by atoms with van der Waals surface area (Å²) in [4.78, 5) is 13.7. The van der Waals surface area contributed by atoms with Gasteiger partial charge in [-0.25, -0.2) is 4.98 Å². The van der Waals surface area contributed by atoms with Crippen LogP contribution in [0.3, 0.4) is 0 Å². The van der Waals surface area contributed by atoms with Gasteiger partial charge in [0.15, 0.2) is 0 Å². The second kappa shape index (κ2) is 6.50. The van der Waals surface area contributed by atoms with Gasteiger partial charge >= 0.3 is 0 Å².